The number of alkyl halides is 5. The van der Waals surface area contributed by atoms with Crippen molar-refractivity contribution in [1.29, 1.82) is 0 Å². The van der Waals surface area contributed by atoms with E-state index < -0.39 is 23.8 Å². The van der Waals surface area contributed by atoms with Crippen LogP contribution < -0.4 is 4.74 Å². The Hall–Kier alpha value is -1.08. The summed E-state index contributed by atoms with van der Waals surface area (Å²) in [5.74, 6) is -9.09. The molecule has 0 radical (unpaired) electrons. The third-order valence-corrected chi connectivity index (χ3v) is 2.26. The number of carbonyl (C=O) groups excluding carboxylic acids is 1. The predicted octanol–water partition coefficient (Wildman–Crippen LogP) is 4.10. The lowest BCUT2D eigenvalue weighted by atomic mass is 10.3. The molecule has 0 heterocycles. The molecule has 0 fully saturated rings. The number of ether oxygens (including phenoxy) is 1. The molecule has 0 bridgehead atoms. The standard InChI is InChI=1S/C9H3Cl2F5O2/c10-4-1-2-5(11)6(3-4)18-7(17)8(12,13)9(14,15)16/h1-3H. The number of hydrogen-bond donors (Lipinski definition) is 0. The van der Waals surface area contributed by atoms with Crippen LogP contribution in [0.1, 0.15) is 0 Å². The van der Waals surface area contributed by atoms with Crippen LogP contribution in [0.5, 0.6) is 5.75 Å². The predicted molar refractivity (Wildman–Crippen MR) is 53.1 cm³/mol. The van der Waals surface area contributed by atoms with Crippen LogP contribution >= 0.6 is 23.2 Å². The molecular weight excluding hydrogens is 306 g/mol. The van der Waals surface area contributed by atoms with Crippen molar-refractivity contribution in [2.75, 3.05) is 0 Å². The van der Waals surface area contributed by atoms with Gasteiger partial charge in [0.15, 0.2) is 5.75 Å². The highest BCUT2D eigenvalue weighted by molar-refractivity contribution is 6.34. The van der Waals surface area contributed by atoms with Gasteiger partial charge in [-0.2, -0.15) is 22.0 Å². The molecule has 0 aliphatic rings. The number of esters is 1. The summed E-state index contributed by atoms with van der Waals surface area (Å²) < 4.78 is 64.6. The minimum Gasteiger partial charge on any atom is -0.420 e. The average molecular weight is 309 g/mol. The van der Waals surface area contributed by atoms with E-state index in [1.54, 1.807) is 0 Å². The fraction of sp³-hybridized carbons (Fsp3) is 0.222. The molecule has 2 nitrogen and oxygen atoms in total. The molecule has 1 rings (SSSR count). The van der Waals surface area contributed by atoms with Gasteiger partial charge in [0.25, 0.3) is 0 Å². The molecule has 1 aromatic carbocycles. The first-order valence-corrected chi connectivity index (χ1v) is 4.93. The molecule has 0 atom stereocenters. The van der Waals surface area contributed by atoms with Gasteiger partial charge < -0.3 is 4.74 Å². The van der Waals surface area contributed by atoms with Gasteiger partial charge in [-0.3, -0.25) is 0 Å². The maximum Gasteiger partial charge on any atom is 0.465 e. The molecule has 0 aromatic heterocycles. The van der Waals surface area contributed by atoms with Crippen LogP contribution in [0.3, 0.4) is 0 Å². The lowest BCUT2D eigenvalue weighted by Gasteiger charge is -2.17. The van der Waals surface area contributed by atoms with Crippen LogP contribution in [0.2, 0.25) is 10.0 Å². The maximum absolute atomic E-state index is 12.6. The van der Waals surface area contributed by atoms with Gasteiger partial charge >= 0.3 is 18.1 Å². The third-order valence-electron chi connectivity index (χ3n) is 1.71. The maximum atomic E-state index is 12.6. The quantitative estimate of drug-likeness (QED) is 0.467. The molecule has 0 saturated heterocycles. The van der Waals surface area contributed by atoms with Gasteiger partial charge in [0.1, 0.15) is 0 Å². The highest BCUT2D eigenvalue weighted by Crippen LogP contribution is 2.37. The lowest BCUT2D eigenvalue weighted by Crippen LogP contribution is -2.46. The number of carbonyl (C=O) groups is 1. The fourth-order valence-electron chi connectivity index (χ4n) is 0.835. The van der Waals surface area contributed by atoms with Crippen LogP contribution in [-0.4, -0.2) is 18.1 Å². The molecule has 0 unspecified atom stereocenters. The molecule has 0 amide bonds. The summed E-state index contributed by atoms with van der Waals surface area (Å²) in [6.45, 7) is 0. The molecule has 0 N–H and O–H groups in total. The summed E-state index contributed by atoms with van der Waals surface area (Å²) in [4.78, 5) is 10.8. The second-order valence-electron chi connectivity index (χ2n) is 3.04. The van der Waals surface area contributed by atoms with Crippen molar-refractivity contribution in [1.82, 2.24) is 0 Å². The van der Waals surface area contributed by atoms with Gasteiger partial charge in [-0.25, -0.2) is 4.79 Å². The second kappa shape index (κ2) is 4.89. The van der Waals surface area contributed by atoms with Crippen LogP contribution in [-0.2, 0) is 4.79 Å². The molecule has 0 spiro atoms. The molecule has 0 saturated carbocycles. The molecule has 100 valence electrons. The van der Waals surface area contributed by atoms with Gasteiger partial charge in [0.2, 0.25) is 0 Å². The molecule has 18 heavy (non-hydrogen) atoms. The Labute approximate surface area is 107 Å². The van der Waals surface area contributed by atoms with Crippen molar-refractivity contribution in [2.24, 2.45) is 0 Å². The van der Waals surface area contributed by atoms with Crippen molar-refractivity contribution >= 4 is 29.2 Å². The largest absolute Gasteiger partial charge is 0.465 e. The van der Waals surface area contributed by atoms with E-state index in [4.69, 9.17) is 23.2 Å². The van der Waals surface area contributed by atoms with Crippen molar-refractivity contribution in [3.8, 4) is 5.75 Å². The van der Waals surface area contributed by atoms with Crippen LogP contribution in [0, 0.1) is 0 Å². The van der Waals surface area contributed by atoms with Gasteiger partial charge in [-0.1, -0.05) is 23.2 Å². The zero-order chi connectivity index (χ0) is 14.1. The first kappa shape index (κ1) is 15.0. The lowest BCUT2D eigenvalue weighted by molar-refractivity contribution is -0.276. The van der Waals surface area contributed by atoms with E-state index in [0.717, 1.165) is 12.1 Å². The van der Waals surface area contributed by atoms with Crippen molar-refractivity contribution in [2.45, 2.75) is 12.1 Å². The van der Waals surface area contributed by atoms with E-state index in [9.17, 15) is 26.7 Å². The molecule has 0 aliphatic carbocycles. The summed E-state index contributed by atoms with van der Waals surface area (Å²) >= 11 is 10.9. The summed E-state index contributed by atoms with van der Waals surface area (Å²) in [5.41, 5.74) is 0. The summed E-state index contributed by atoms with van der Waals surface area (Å²) in [5, 5.41) is -0.372. The number of hydrogen-bond acceptors (Lipinski definition) is 2. The van der Waals surface area contributed by atoms with Gasteiger partial charge in [0.05, 0.1) is 5.02 Å². The molecule has 1 aromatic rings. The van der Waals surface area contributed by atoms with E-state index in [1.807, 2.05) is 0 Å². The Morgan fingerprint density at radius 2 is 1.67 bits per heavy atom. The molecule has 9 heteroatoms. The summed E-state index contributed by atoms with van der Waals surface area (Å²) in [7, 11) is 0. The molecular formula is C9H3Cl2F5O2. The monoisotopic (exact) mass is 308 g/mol. The van der Waals surface area contributed by atoms with E-state index in [-0.39, 0.29) is 10.0 Å². The number of benzene rings is 1. The second-order valence-corrected chi connectivity index (χ2v) is 3.88. The highest BCUT2D eigenvalue weighted by Gasteiger charge is 2.65. The Kier molecular flexibility index (Phi) is 4.07. The average Bonchev–Trinajstić information content (AvgIpc) is 2.21. The zero-order valence-corrected chi connectivity index (χ0v) is 9.71. The normalized spacial score (nSPS) is 12.4. The van der Waals surface area contributed by atoms with E-state index in [0.29, 0.717) is 0 Å². The Morgan fingerprint density at radius 3 is 2.17 bits per heavy atom. The Bertz CT molecular complexity index is 473. The van der Waals surface area contributed by atoms with Gasteiger partial charge in [-0.15, -0.1) is 0 Å². The summed E-state index contributed by atoms with van der Waals surface area (Å²) in [6.07, 6.45) is -6.05. The Balaban J connectivity index is 2.98. The zero-order valence-electron chi connectivity index (χ0n) is 8.19. The van der Waals surface area contributed by atoms with Gasteiger partial charge in [0, 0.05) is 11.1 Å². The van der Waals surface area contributed by atoms with E-state index in [2.05, 4.69) is 4.74 Å². The van der Waals surface area contributed by atoms with Crippen LogP contribution in [0.25, 0.3) is 0 Å². The topological polar surface area (TPSA) is 26.3 Å². The van der Waals surface area contributed by atoms with Crippen molar-refractivity contribution in [3.05, 3.63) is 28.2 Å². The first-order chi connectivity index (χ1) is 8.05. The smallest absolute Gasteiger partial charge is 0.420 e. The van der Waals surface area contributed by atoms with Crippen LogP contribution in [0.4, 0.5) is 22.0 Å². The minimum absolute atomic E-state index is 0.0440. The van der Waals surface area contributed by atoms with Crippen molar-refractivity contribution < 1.29 is 31.5 Å². The van der Waals surface area contributed by atoms with E-state index >= 15 is 0 Å². The van der Waals surface area contributed by atoms with E-state index in [1.165, 1.54) is 6.07 Å². The fourth-order valence-corrected chi connectivity index (χ4v) is 1.15. The minimum atomic E-state index is -6.05. The Morgan fingerprint density at radius 1 is 1.11 bits per heavy atom. The molecule has 0 aliphatic heterocycles. The SMILES string of the molecule is O=C(Oc1cc(Cl)ccc1Cl)C(F)(F)C(F)(F)F. The number of rotatable bonds is 2. The summed E-state index contributed by atoms with van der Waals surface area (Å²) in [6, 6.07) is 3.16. The van der Waals surface area contributed by atoms with Gasteiger partial charge in [-0.05, 0) is 12.1 Å². The van der Waals surface area contributed by atoms with Crippen LogP contribution in [0.15, 0.2) is 18.2 Å². The van der Waals surface area contributed by atoms with Crippen molar-refractivity contribution in [3.63, 3.8) is 0 Å². The first-order valence-electron chi connectivity index (χ1n) is 4.17. The third kappa shape index (κ3) is 3.02. The highest BCUT2D eigenvalue weighted by atomic mass is 35.5. The number of halogens is 7.